The first-order chi connectivity index (χ1) is 9.81. The van der Waals surface area contributed by atoms with Crippen LogP contribution in [0.4, 0.5) is 0 Å². The lowest BCUT2D eigenvalue weighted by Crippen LogP contribution is -2.49. The first-order valence-electron chi connectivity index (χ1n) is 6.80. The largest absolute Gasteiger partial charge is 0.469 e. The molecule has 0 unspecified atom stereocenters. The fourth-order valence-electron chi connectivity index (χ4n) is 2.40. The molecule has 0 aromatic heterocycles. The van der Waals surface area contributed by atoms with E-state index in [0.29, 0.717) is 32.4 Å². The van der Waals surface area contributed by atoms with Crippen molar-refractivity contribution in [2.45, 2.75) is 30.9 Å². The van der Waals surface area contributed by atoms with Gasteiger partial charge in [0.05, 0.1) is 13.0 Å². The van der Waals surface area contributed by atoms with Crippen LogP contribution < -0.4 is 5.14 Å². The lowest BCUT2D eigenvalue weighted by atomic mass is 9.96. The zero-order valence-corrected chi connectivity index (χ0v) is 13.0. The summed E-state index contributed by atoms with van der Waals surface area (Å²) in [7, 11) is -2.63. The number of allylic oxidation sites excluding steroid dienone is 1. The standard InChI is InChI=1S/C13H22N2O5S/c1-3-4-5-11(21(14,18)19)12(16)15-8-6-10(7-9-15)13(17)20-2/h3,10-11H,1,4-9H2,2H3,(H2,14,18,19)/t11-/m0/s1. The maximum atomic E-state index is 12.3. The quantitative estimate of drug-likeness (QED) is 0.549. The molecule has 0 spiro atoms. The summed E-state index contributed by atoms with van der Waals surface area (Å²) < 4.78 is 27.8. The van der Waals surface area contributed by atoms with Crippen molar-refractivity contribution in [3.8, 4) is 0 Å². The summed E-state index contributed by atoms with van der Waals surface area (Å²) in [5, 5.41) is 3.90. The Morgan fingerprint density at radius 2 is 2.00 bits per heavy atom. The number of nitrogens with two attached hydrogens (primary N) is 1. The molecule has 2 N–H and O–H groups in total. The number of hydrogen-bond donors (Lipinski definition) is 1. The first kappa shape index (κ1) is 17.6. The average molecular weight is 318 g/mol. The normalized spacial score (nSPS) is 18.1. The molecule has 0 saturated carbocycles. The highest BCUT2D eigenvalue weighted by Crippen LogP contribution is 2.21. The molecule has 0 aromatic carbocycles. The van der Waals surface area contributed by atoms with Gasteiger partial charge in [-0.1, -0.05) is 6.08 Å². The molecule has 1 heterocycles. The van der Waals surface area contributed by atoms with Gasteiger partial charge in [0.15, 0.2) is 5.25 Å². The lowest BCUT2D eigenvalue weighted by Gasteiger charge is -2.32. The van der Waals surface area contributed by atoms with Crippen LogP contribution in [0, 0.1) is 5.92 Å². The van der Waals surface area contributed by atoms with E-state index in [2.05, 4.69) is 11.3 Å². The number of amides is 1. The molecule has 7 nitrogen and oxygen atoms in total. The van der Waals surface area contributed by atoms with Gasteiger partial charge >= 0.3 is 5.97 Å². The Kier molecular flexibility index (Phi) is 6.35. The van der Waals surface area contributed by atoms with E-state index in [1.807, 2.05) is 0 Å². The first-order valence-corrected chi connectivity index (χ1v) is 8.41. The molecule has 21 heavy (non-hydrogen) atoms. The molecule has 0 aliphatic carbocycles. The molecule has 8 heteroatoms. The third kappa shape index (κ3) is 4.82. The Morgan fingerprint density at radius 3 is 2.43 bits per heavy atom. The monoisotopic (exact) mass is 318 g/mol. The highest BCUT2D eigenvalue weighted by molar-refractivity contribution is 7.90. The van der Waals surface area contributed by atoms with Crippen LogP contribution in [0.2, 0.25) is 0 Å². The lowest BCUT2D eigenvalue weighted by molar-refractivity contribution is -0.148. The summed E-state index contributed by atoms with van der Waals surface area (Å²) in [5.74, 6) is -1.03. The molecule has 1 saturated heterocycles. The van der Waals surface area contributed by atoms with Crippen LogP contribution in [0.15, 0.2) is 12.7 Å². The Labute approximate surface area is 125 Å². The van der Waals surface area contributed by atoms with Crippen LogP contribution in [0.1, 0.15) is 25.7 Å². The van der Waals surface area contributed by atoms with E-state index in [0.717, 1.165) is 0 Å². The van der Waals surface area contributed by atoms with Crippen molar-refractivity contribution in [2.24, 2.45) is 11.1 Å². The third-order valence-corrected chi connectivity index (χ3v) is 4.88. The van der Waals surface area contributed by atoms with E-state index in [1.165, 1.54) is 12.0 Å². The number of piperidine rings is 1. The molecule has 1 atom stereocenters. The molecule has 1 fully saturated rings. The zero-order valence-electron chi connectivity index (χ0n) is 12.2. The number of primary sulfonamides is 1. The van der Waals surface area contributed by atoms with Crippen molar-refractivity contribution in [1.29, 1.82) is 0 Å². The molecule has 1 amide bonds. The second kappa shape index (κ2) is 7.56. The number of esters is 1. The smallest absolute Gasteiger partial charge is 0.308 e. The van der Waals surface area contributed by atoms with Gasteiger partial charge in [-0.2, -0.15) is 0 Å². The number of carbonyl (C=O) groups excluding carboxylic acids is 2. The third-order valence-electron chi connectivity index (χ3n) is 3.65. The summed E-state index contributed by atoms with van der Waals surface area (Å²) in [5.41, 5.74) is 0. The highest BCUT2D eigenvalue weighted by atomic mass is 32.2. The summed E-state index contributed by atoms with van der Waals surface area (Å²) in [4.78, 5) is 25.2. The highest BCUT2D eigenvalue weighted by Gasteiger charge is 2.35. The number of nitrogens with zero attached hydrogens (tertiary/aromatic N) is 1. The van der Waals surface area contributed by atoms with Crippen molar-refractivity contribution in [2.75, 3.05) is 20.2 Å². The number of methoxy groups -OCH3 is 1. The van der Waals surface area contributed by atoms with Crippen molar-refractivity contribution >= 4 is 21.9 Å². The number of rotatable bonds is 6. The second-order valence-electron chi connectivity index (χ2n) is 5.07. The molecule has 0 bridgehead atoms. The predicted octanol–water partition coefficient (Wildman–Crippen LogP) is 0.0213. The van der Waals surface area contributed by atoms with Crippen molar-refractivity contribution in [3.63, 3.8) is 0 Å². The zero-order chi connectivity index (χ0) is 16.0. The molecule has 120 valence electrons. The van der Waals surface area contributed by atoms with E-state index in [1.54, 1.807) is 6.08 Å². The van der Waals surface area contributed by atoms with Crippen LogP contribution in [-0.2, 0) is 24.3 Å². The summed E-state index contributed by atoms with van der Waals surface area (Å²) in [6, 6.07) is 0. The van der Waals surface area contributed by atoms with Crippen molar-refractivity contribution < 1.29 is 22.7 Å². The number of sulfonamides is 1. The van der Waals surface area contributed by atoms with Crippen LogP contribution in [0.5, 0.6) is 0 Å². The van der Waals surface area contributed by atoms with Crippen molar-refractivity contribution in [1.82, 2.24) is 4.90 Å². The number of ether oxygens (including phenoxy) is 1. The average Bonchev–Trinajstić information content (AvgIpc) is 2.45. The van der Waals surface area contributed by atoms with Gasteiger partial charge in [-0.15, -0.1) is 6.58 Å². The molecule has 0 aromatic rings. The summed E-state index contributed by atoms with van der Waals surface area (Å²) in [6.45, 7) is 4.18. The Morgan fingerprint density at radius 1 is 1.43 bits per heavy atom. The molecule has 1 aliphatic rings. The minimum atomic E-state index is -3.95. The number of carbonyl (C=O) groups is 2. The molecule has 0 radical (unpaired) electrons. The van der Waals surface area contributed by atoms with Crippen LogP contribution in [0.25, 0.3) is 0 Å². The van der Waals surface area contributed by atoms with E-state index >= 15 is 0 Å². The Hall–Kier alpha value is -1.41. The van der Waals surface area contributed by atoms with Gasteiger partial charge in [0, 0.05) is 13.1 Å². The van der Waals surface area contributed by atoms with Gasteiger partial charge in [-0.05, 0) is 25.7 Å². The maximum Gasteiger partial charge on any atom is 0.308 e. The van der Waals surface area contributed by atoms with E-state index in [9.17, 15) is 18.0 Å². The molecular weight excluding hydrogens is 296 g/mol. The van der Waals surface area contributed by atoms with Gasteiger partial charge in [-0.3, -0.25) is 9.59 Å². The molecule has 1 aliphatic heterocycles. The van der Waals surface area contributed by atoms with Gasteiger partial charge in [0.25, 0.3) is 0 Å². The number of hydrogen-bond acceptors (Lipinski definition) is 5. The van der Waals surface area contributed by atoms with E-state index in [-0.39, 0.29) is 18.3 Å². The fraction of sp³-hybridized carbons (Fsp3) is 0.692. The van der Waals surface area contributed by atoms with Gasteiger partial charge < -0.3 is 9.64 Å². The summed E-state index contributed by atoms with van der Waals surface area (Å²) >= 11 is 0. The second-order valence-corrected chi connectivity index (χ2v) is 6.81. The minimum Gasteiger partial charge on any atom is -0.469 e. The van der Waals surface area contributed by atoms with E-state index in [4.69, 9.17) is 5.14 Å². The Balaban J connectivity index is 2.70. The minimum absolute atomic E-state index is 0.123. The van der Waals surface area contributed by atoms with E-state index < -0.39 is 21.2 Å². The van der Waals surface area contributed by atoms with Crippen LogP contribution in [-0.4, -0.2) is 50.6 Å². The Bertz CT molecular complexity index is 495. The van der Waals surface area contributed by atoms with Gasteiger partial charge in [0.1, 0.15) is 0 Å². The molecular formula is C13H22N2O5S. The van der Waals surface area contributed by atoms with Crippen LogP contribution >= 0.6 is 0 Å². The SMILES string of the molecule is C=CCC[C@@H](C(=O)N1CCC(C(=O)OC)CC1)S(N)(=O)=O. The van der Waals surface area contributed by atoms with Crippen LogP contribution in [0.3, 0.4) is 0 Å². The predicted molar refractivity (Wildman–Crippen MR) is 77.6 cm³/mol. The van der Waals surface area contributed by atoms with Gasteiger partial charge in [0.2, 0.25) is 15.9 Å². The number of likely N-dealkylation sites (tertiary alicyclic amines) is 1. The van der Waals surface area contributed by atoms with Gasteiger partial charge in [-0.25, -0.2) is 13.6 Å². The van der Waals surface area contributed by atoms with Crippen molar-refractivity contribution in [3.05, 3.63) is 12.7 Å². The maximum absolute atomic E-state index is 12.3. The fourth-order valence-corrected chi connectivity index (χ4v) is 3.30. The summed E-state index contributed by atoms with van der Waals surface area (Å²) in [6.07, 6.45) is 3.01. The molecule has 1 rings (SSSR count). The topological polar surface area (TPSA) is 107 Å².